The Bertz CT molecular complexity index is 1310. The lowest BCUT2D eigenvalue weighted by Gasteiger charge is -2.34. The van der Waals surface area contributed by atoms with Gasteiger partial charge in [0.2, 0.25) is 5.91 Å². The number of nitrogens with two attached hydrogens (primary N) is 1. The first-order valence-corrected chi connectivity index (χ1v) is 13.5. The minimum absolute atomic E-state index is 0.112. The first-order valence-electron chi connectivity index (χ1n) is 13.5. The van der Waals surface area contributed by atoms with Gasteiger partial charge in [-0.1, -0.05) is 6.07 Å². The van der Waals surface area contributed by atoms with Crippen LogP contribution >= 0.6 is 0 Å². The van der Waals surface area contributed by atoms with Crippen molar-refractivity contribution in [1.82, 2.24) is 25.2 Å². The van der Waals surface area contributed by atoms with Crippen LogP contribution in [0.1, 0.15) is 60.1 Å². The normalized spacial score (nSPS) is 20.6. The number of nitrogens with one attached hydrogen (secondary N) is 1. The predicted octanol–water partition coefficient (Wildman–Crippen LogP) is 3.69. The zero-order chi connectivity index (χ0) is 29.5. The van der Waals surface area contributed by atoms with Crippen LogP contribution in [0.25, 0.3) is 11.4 Å². The van der Waals surface area contributed by atoms with Gasteiger partial charge in [0.15, 0.2) is 5.82 Å². The van der Waals surface area contributed by atoms with Gasteiger partial charge in [-0.3, -0.25) is 14.6 Å². The molecule has 1 saturated heterocycles. The van der Waals surface area contributed by atoms with E-state index in [9.17, 15) is 27.9 Å². The fraction of sp³-hybridized carbons (Fsp3) is 0.414. The van der Waals surface area contributed by atoms with Gasteiger partial charge in [0.1, 0.15) is 5.60 Å². The van der Waals surface area contributed by atoms with E-state index in [-0.39, 0.29) is 24.1 Å². The number of aliphatic hydroxyl groups is 1. The van der Waals surface area contributed by atoms with Gasteiger partial charge in [-0.05, 0) is 74.9 Å². The number of aromatic nitrogens is 3. The summed E-state index contributed by atoms with van der Waals surface area (Å²) in [5.41, 5.74) is 5.61. The molecule has 0 spiro atoms. The van der Waals surface area contributed by atoms with Crippen molar-refractivity contribution in [1.29, 1.82) is 0 Å². The average molecular weight is 571 g/mol. The summed E-state index contributed by atoms with van der Waals surface area (Å²) in [6.07, 6.45) is 5.51. The molecule has 9 nitrogen and oxygen atoms in total. The van der Waals surface area contributed by atoms with Crippen LogP contribution in [0.5, 0.6) is 0 Å². The lowest BCUT2D eigenvalue weighted by molar-refractivity contribution is -0.137. The molecule has 0 atom stereocenters. The molecule has 0 unspecified atom stereocenters. The molecule has 5 rings (SSSR count). The molecule has 1 aliphatic heterocycles. The number of alkyl halides is 3. The number of carbonyl (C=O) groups excluding carboxylic acids is 2. The standard InChI is InChI=1S/C15H18N4O.C14H15F3N2O2/c16-12-4-6-15(20,7-5-12)13-3-2-11(10-19-13)14-17-8-1-9-18-14;15-14(16,17)11-5-3-4-10(8-11)13(21)18-9-12(20)19-6-1-2-7-19/h1-3,8-10,12,20H,4-7,16H2;3-5,8H,1-2,6-7,9H2,(H,18,21). The molecule has 3 aromatic rings. The molecule has 218 valence electrons. The molecule has 2 fully saturated rings. The highest BCUT2D eigenvalue weighted by Gasteiger charge is 2.35. The zero-order valence-electron chi connectivity index (χ0n) is 22.5. The van der Waals surface area contributed by atoms with Gasteiger partial charge in [0, 0.05) is 48.8 Å². The Labute approximate surface area is 236 Å². The maximum absolute atomic E-state index is 12.6. The summed E-state index contributed by atoms with van der Waals surface area (Å²) in [4.78, 5) is 37.9. The summed E-state index contributed by atoms with van der Waals surface area (Å²) in [6, 6.07) is 9.87. The number of benzene rings is 1. The van der Waals surface area contributed by atoms with E-state index in [0.717, 1.165) is 43.4 Å². The van der Waals surface area contributed by atoms with Crippen LogP contribution in [-0.4, -0.2) is 62.4 Å². The zero-order valence-corrected chi connectivity index (χ0v) is 22.5. The number of hydrogen-bond acceptors (Lipinski definition) is 7. The monoisotopic (exact) mass is 570 g/mol. The van der Waals surface area contributed by atoms with Crippen LogP contribution in [0, 0.1) is 0 Å². The second-order valence-corrected chi connectivity index (χ2v) is 10.2. The number of amides is 2. The summed E-state index contributed by atoms with van der Waals surface area (Å²) in [5, 5.41) is 13.0. The average Bonchev–Trinajstić information content (AvgIpc) is 3.53. The van der Waals surface area contributed by atoms with Crippen LogP contribution in [0.4, 0.5) is 13.2 Å². The minimum Gasteiger partial charge on any atom is -0.384 e. The van der Waals surface area contributed by atoms with Crippen molar-refractivity contribution >= 4 is 11.8 Å². The number of rotatable bonds is 5. The van der Waals surface area contributed by atoms with Gasteiger partial charge in [0.05, 0.1) is 17.8 Å². The van der Waals surface area contributed by atoms with Crippen LogP contribution in [-0.2, 0) is 16.6 Å². The molecule has 12 heteroatoms. The van der Waals surface area contributed by atoms with E-state index in [1.165, 1.54) is 12.1 Å². The topological polar surface area (TPSA) is 134 Å². The smallest absolute Gasteiger partial charge is 0.384 e. The van der Waals surface area contributed by atoms with E-state index in [4.69, 9.17) is 5.73 Å². The van der Waals surface area contributed by atoms with E-state index in [0.29, 0.717) is 37.4 Å². The number of halogens is 3. The van der Waals surface area contributed by atoms with Crippen molar-refractivity contribution < 1.29 is 27.9 Å². The fourth-order valence-electron chi connectivity index (χ4n) is 4.80. The quantitative estimate of drug-likeness (QED) is 0.426. The molecule has 3 heterocycles. The number of carbonyl (C=O) groups is 2. The molecular formula is C29H33F3N6O3. The summed E-state index contributed by atoms with van der Waals surface area (Å²) >= 11 is 0. The first kappa shape index (κ1) is 30.1. The van der Waals surface area contributed by atoms with Gasteiger partial charge in [-0.25, -0.2) is 9.97 Å². The van der Waals surface area contributed by atoms with Gasteiger partial charge in [0.25, 0.3) is 5.91 Å². The lowest BCUT2D eigenvalue weighted by Crippen LogP contribution is -2.38. The third-order valence-corrected chi connectivity index (χ3v) is 7.23. The third kappa shape index (κ3) is 8.08. The van der Waals surface area contributed by atoms with E-state index < -0.39 is 23.2 Å². The Morgan fingerprint density at radius 2 is 1.71 bits per heavy atom. The molecular weight excluding hydrogens is 537 g/mol. The molecule has 41 heavy (non-hydrogen) atoms. The van der Waals surface area contributed by atoms with E-state index in [1.807, 2.05) is 12.1 Å². The van der Waals surface area contributed by atoms with Gasteiger partial charge >= 0.3 is 6.18 Å². The Hall–Kier alpha value is -3.90. The largest absolute Gasteiger partial charge is 0.416 e. The van der Waals surface area contributed by atoms with Crippen molar-refractivity contribution in [2.24, 2.45) is 5.73 Å². The number of nitrogens with zero attached hydrogens (tertiary/aromatic N) is 4. The highest BCUT2D eigenvalue weighted by Crippen LogP contribution is 2.36. The van der Waals surface area contributed by atoms with Gasteiger partial charge in [-0.15, -0.1) is 0 Å². The third-order valence-electron chi connectivity index (χ3n) is 7.23. The highest BCUT2D eigenvalue weighted by atomic mass is 19.4. The molecule has 2 aliphatic rings. The Morgan fingerprint density at radius 3 is 2.32 bits per heavy atom. The van der Waals surface area contributed by atoms with Crippen LogP contribution in [0.2, 0.25) is 0 Å². The van der Waals surface area contributed by atoms with E-state index in [1.54, 1.807) is 29.6 Å². The molecule has 2 aromatic heterocycles. The number of pyridine rings is 1. The number of likely N-dealkylation sites (tertiary alicyclic amines) is 1. The van der Waals surface area contributed by atoms with E-state index in [2.05, 4.69) is 20.3 Å². The lowest BCUT2D eigenvalue weighted by atomic mass is 9.80. The maximum atomic E-state index is 12.6. The van der Waals surface area contributed by atoms with Gasteiger partial charge in [-0.2, -0.15) is 13.2 Å². The number of hydrogen-bond donors (Lipinski definition) is 3. The molecule has 4 N–H and O–H groups in total. The van der Waals surface area contributed by atoms with Crippen molar-refractivity contribution in [2.45, 2.75) is 56.3 Å². The Kier molecular flexibility index (Phi) is 9.66. The summed E-state index contributed by atoms with van der Waals surface area (Å²) in [6.45, 7) is 1.13. The van der Waals surface area contributed by atoms with Crippen molar-refractivity contribution in [2.75, 3.05) is 19.6 Å². The van der Waals surface area contributed by atoms with Crippen LogP contribution < -0.4 is 11.1 Å². The Balaban J connectivity index is 0.000000189. The maximum Gasteiger partial charge on any atom is 0.416 e. The summed E-state index contributed by atoms with van der Waals surface area (Å²) in [5.74, 6) is -0.259. The van der Waals surface area contributed by atoms with Crippen molar-refractivity contribution in [3.63, 3.8) is 0 Å². The highest BCUT2D eigenvalue weighted by molar-refractivity contribution is 5.96. The molecule has 0 bridgehead atoms. The molecule has 1 saturated carbocycles. The molecule has 0 radical (unpaired) electrons. The van der Waals surface area contributed by atoms with Crippen molar-refractivity contribution in [3.05, 3.63) is 77.9 Å². The first-order chi connectivity index (χ1) is 19.5. The summed E-state index contributed by atoms with van der Waals surface area (Å²) < 4.78 is 37.7. The Morgan fingerprint density at radius 1 is 1.02 bits per heavy atom. The second kappa shape index (κ2) is 13.2. The fourth-order valence-corrected chi connectivity index (χ4v) is 4.80. The second-order valence-electron chi connectivity index (χ2n) is 10.2. The molecule has 2 amide bonds. The SMILES string of the molecule is NC1CCC(O)(c2ccc(-c3ncccn3)cn2)CC1.O=C(NCC(=O)N1CCCC1)c1cccc(C(F)(F)F)c1. The minimum atomic E-state index is -4.50. The predicted molar refractivity (Wildman–Crippen MR) is 145 cm³/mol. The summed E-state index contributed by atoms with van der Waals surface area (Å²) in [7, 11) is 0. The van der Waals surface area contributed by atoms with Crippen LogP contribution in [0.3, 0.4) is 0 Å². The van der Waals surface area contributed by atoms with E-state index >= 15 is 0 Å². The molecule has 1 aromatic carbocycles. The van der Waals surface area contributed by atoms with Crippen molar-refractivity contribution in [3.8, 4) is 11.4 Å². The molecule has 1 aliphatic carbocycles. The van der Waals surface area contributed by atoms with Crippen LogP contribution in [0.15, 0.2) is 61.1 Å². The van der Waals surface area contributed by atoms with Gasteiger partial charge < -0.3 is 21.1 Å².